The van der Waals surface area contributed by atoms with E-state index in [0.717, 1.165) is 36.0 Å². The molecular formula is C15H22N2O2. The molecule has 2 rings (SSSR count). The Kier molecular flexibility index (Phi) is 4.80. The fourth-order valence-corrected chi connectivity index (χ4v) is 2.11. The highest BCUT2D eigenvalue weighted by Gasteiger charge is 2.15. The van der Waals surface area contributed by atoms with Gasteiger partial charge in [-0.05, 0) is 43.0 Å². The predicted molar refractivity (Wildman–Crippen MR) is 76.3 cm³/mol. The molecule has 0 unspecified atom stereocenters. The van der Waals surface area contributed by atoms with Crippen LogP contribution in [0.4, 0.5) is 5.69 Å². The van der Waals surface area contributed by atoms with Gasteiger partial charge in [-0.2, -0.15) is 0 Å². The summed E-state index contributed by atoms with van der Waals surface area (Å²) in [6.45, 7) is 6.44. The maximum Gasteiger partial charge on any atom is 0.262 e. The summed E-state index contributed by atoms with van der Waals surface area (Å²) in [5, 5.41) is 6.25. The topological polar surface area (TPSA) is 50.4 Å². The molecule has 1 aliphatic rings. The van der Waals surface area contributed by atoms with Crippen LogP contribution in [0.5, 0.6) is 5.75 Å². The number of amides is 1. The lowest BCUT2D eigenvalue weighted by atomic mass is 10.1. The lowest BCUT2D eigenvalue weighted by Crippen LogP contribution is -2.25. The number of nitrogens with one attached hydrogen (secondary N) is 2. The molecule has 1 aromatic carbocycles. The molecule has 104 valence electrons. The van der Waals surface area contributed by atoms with Crippen LogP contribution in [0.2, 0.25) is 0 Å². The molecule has 4 heteroatoms. The van der Waals surface area contributed by atoms with Crippen LogP contribution in [0, 0.1) is 5.92 Å². The van der Waals surface area contributed by atoms with Crippen molar-refractivity contribution in [1.82, 2.24) is 5.32 Å². The SMILES string of the molecule is CC(C)CCCNCc1ccc2c(c1)NC(=O)CO2. The van der Waals surface area contributed by atoms with E-state index in [1.165, 1.54) is 12.8 Å². The summed E-state index contributed by atoms with van der Waals surface area (Å²) >= 11 is 0. The first-order valence-electron chi connectivity index (χ1n) is 6.91. The first-order valence-corrected chi connectivity index (χ1v) is 6.91. The largest absolute Gasteiger partial charge is 0.482 e. The zero-order valence-corrected chi connectivity index (χ0v) is 11.7. The van der Waals surface area contributed by atoms with Crippen LogP contribution in [0.15, 0.2) is 18.2 Å². The normalized spacial score (nSPS) is 13.9. The summed E-state index contributed by atoms with van der Waals surface area (Å²) in [7, 11) is 0. The van der Waals surface area contributed by atoms with Gasteiger partial charge in [-0.3, -0.25) is 4.79 Å². The van der Waals surface area contributed by atoms with Crippen molar-refractivity contribution >= 4 is 11.6 Å². The highest BCUT2D eigenvalue weighted by Crippen LogP contribution is 2.28. The molecule has 0 saturated carbocycles. The molecule has 0 bridgehead atoms. The second-order valence-corrected chi connectivity index (χ2v) is 5.38. The van der Waals surface area contributed by atoms with E-state index < -0.39 is 0 Å². The molecule has 19 heavy (non-hydrogen) atoms. The van der Waals surface area contributed by atoms with Gasteiger partial charge in [-0.25, -0.2) is 0 Å². The van der Waals surface area contributed by atoms with Crippen LogP contribution in [0.1, 0.15) is 32.3 Å². The Morgan fingerprint density at radius 2 is 2.26 bits per heavy atom. The van der Waals surface area contributed by atoms with Crippen molar-refractivity contribution < 1.29 is 9.53 Å². The van der Waals surface area contributed by atoms with Gasteiger partial charge in [0, 0.05) is 6.54 Å². The Labute approximate surface area is 114 Å². The van der Waals surface area contributed by atoms with Crippen LogP contribution in [0.3, 0.4) is 0 Å². The van der Waals surface area contributed by atoms with Crippen LogP contribution >= 0.6 is 0 Å². The van der Waals surface area contributed by atoms with E-state index in [0.29, 0.717) is 0 Å². The fourth-order valence-electron chi connectivity index (χ4n) is 2.11. The lowest BCUT2D eigenvalue weighted by Gasteiger charge is -2.18. The van der Waals surface area contributed by atoms with Crippen molar-refractivity contribution in [2.24, 2.45) is 5.92 Å². The van der Waals surface area contributed by atoms with E-state index in [1.54, 1.807) is 0 Å². The number of hydrogen-bond donors (Lipinski definition) is 2. The zero-order chi connectivity index (χ0) is 13.7. The standard InChI is InChI=1S/C15H22N2O2/c1-11(2)4-3-7-16-9-12-5-6-14-13(8-12)17-15(18)10-19-14/h5-6,8,11,16H,3-4,7,9-10H2,1-2H3,(H,17,18). The van der Waals surface area contributed by atoms with Crippen LogP contribution in [0.25, 0.3) is 0 Å². The van der Waals surface area contributed by atoms with E-state index in [9.17, 15) is 4.79 Å². The molecule has 0 saturated heterocycles. The Bertz CT molecular complexity index is 444. The molecule has 0 radical (unpaired) electrons. The molecular weight excluding hydrogens is 240 g/mol. The molecule has 2 N–H and O–H groups in total. The Morgan fingerprint density at radius 1 is 1.42 bits per heavy atom. The van der Waals surface area contributed by atoms with Crippen LogP contribution in [-0.2, 0) is 11.3 Å². The maximum atomic E-state index is 11.2. The molecule has 0 spiro atoms. The average molecular weight is 262 g/mol. The highest BCUT2D eigenvalue weighted by molar-refractivity contribution is 5.95. The molecule has 1 aromatic rings. The number of carbonyl (C=O) groups is 1. The molecule has 1 amide bonds. The minimum absolute atomic E-state index is 0.0884. The quantitative estimate of drug-likeness (QED) is 0.775. The number of rotatable bonds is 6. The first kappa shape index (κ1) is 13.9. The molecule has 1 heterocycles. The van der Waals surface area contributed by atoms with Crippen LogP contribution in [-0.4, -0.2) is 19.1 Å². The van der Waals surface area contributed by atoms with Crippen molar-refractivity contribution in [1.29, 1.82) is 0 Å². The molecule has 1 aliphatic heterocycles. The van der Waals surface area contributed by atoms with Crippen molar-refractivity contribution in [2.75, 3.05) is 18.5 Å². The average Bonchev–Trinajstić information content (AvgIpc) is 2.37. The smallest absolute Gasteiger partial charge is 0.262 e. The fraction of sp³-hybridized carbons (Fsp3) is 0.533. The third kappa shape index (κ3) is 4.24. The van der Waals surface area contributed by atoms with Gasteiger partial charge in [-0.1, -0.05) is 19.9 Å². The molecule has 0 atom stereocenters. The Morgan fingerprint density at radius 3 is 3.05 bits per heavy atom. The third-order valence-electron chi connectivity index (χ3n) is 3.14. The number of benzene rings is 1. The van der Waals surface area contributed by atoms with E-state index in [1.807, 2.05) is 18.2 Å². The van der Waals surface area contributed by atoms with Crippen molar-refractivity contribution in [3.05, 3.63) is 23.8 Å². The molecule has 0 aliphatic carbocycles. The number of fused-ring (bicyclic) bond motifs is 1. The van der Waals surface area contributed by atoms with Gasteiger partial charge in [0.05, 0.1) is 5.69 Å². The summed E-state index contributed by atoms with van der Waals surface area (Å²) in [5.74, 6) is 1.43. The maximum absolute atomic E-state index is 11.2. The molecule has 0 fully saturated rings. The third-order valence-corrected chi connectivity index (χ3v) is 3.14. The highest BCUT2D eigenvalue weighted by atomic mass is 16.5. The Balaban J connectivity index is 1.81. The summed E-state index contributed by atoms with van der Waals surface area (Å²) < 4.78 is 5.33. The van der Waals surface area contributed by atoms with Gasteiger partial charge < -0.3 is 15.4 Å². The second-order valence-electron chi connectivity index (χ2n) is 5.38. The van der Waals surface area contributed by atoms with Gasteiger partial charge in [0.2, 0.25) is 0 Å². The van der Waals surface area contributed by atoms with Gasteiger partial charge >= 0.3 is 0 Å². The molecule has 4 nitrogen and oxygen atoms in total. The van der Waals surface area contributed by atoms with E-state index in [4.69, 9.17) is 4.74 Å². The second kappa shape index (κ2) is 6.57. The summed E-state index contributed by atoms with van der Waals surface area (Å²) in [5.41, 5.74) is 1.94. The lowest BCUT2D eigenvalue weighted by molar-refractivity contribution is -0.118. The van der Waals surface area contributed by atoms with E-state index in [2.05, 4.69) is 24.5 Å². The van der Waals surface area contributed by atoms with Crippen molar-refractivity contribution in [2.45, 2.75) is 33.2 Å². The van der Waals surface area contributed by atoms with Gasteiger partial charge in [0.15, 0.2) is 6.61 Å². The van der Waals surface area contributed by atoms with Crippen molar-refractivity contribution in [3.8, 4) is 5.75 Å². The van der Waals surface area contributed by atoms with E-state index in [-0.39, 0.29) is 12.5 Å². The summed E-state index contributed by atoms with van der Waals surface area (Å²) in [6.07, 6.45) is 2.45. The van der Waals surface area contributed by atoms with Gasteiger partial charge in [-0.15, -0.1) is 0 Å². The van der Waals surface area contributed by atoms with Gasteiger partial charge in [0.1, 0.15) is 5.75 Å². The summed E-state index contributed by atoms with van der Waals surface area (Å²) in [6, 6.07) is 5.92. The first-order chi connectivity index (χ1) is 9.15. The number of anilines is 1. The predicted octanol–water partition coefficient (Wildman–Crippen LogP) is 2.54. The van der Waals surface area contributed by atoms with Crippen molar-refractivity contribution in [3.63, 3.8) is 0 Å². The monoisotopic (exact) mass is 262 g/mol. The number of carbonyl (C=O) groups excluding carboxylic acids is 1. The van der Waals surface area contributed by atoms with Gasteiger partial charge in [0.25, 0.3) is 5.91 Å². The van der Waals surface area contributed by atoms with E-state index >= 15 is 0 Å². The minimum Gasteiger partial charge on any atom is -0.482 e. The number of hydrogen-bond acceptors (Lipinski definition) is 3. The van der Waals surface area contributed by atoms with Crippen LogP contribution < -0.4 is 15.4 Å². The number of ether oxygens (including phenoxy) is 1. The minimum atomic E-state index is -0.0884. The Hall–Kier alpha value is -1.55. The molecule has 0 aromatic heterocycles. The summed E-state index contributed by atoms with van der Waals surface area (Å²) in [4.78, 5) is 11.2. The zero-order valence-electron chi connectivity index (χ0n) is 11.7.